The number of halogens is 2. The number of benzene rings is 1. The van der Waals surface area contributed by atoms with E-state index in [1.54, 1.807) is 19.1 Å². The molecule has 1 aromatic rings. The van der Waals surface area contributed by atoms with Gasteiger partial charge in [-0.2, -0.15) is 0 Å². The van der Waals surface area contributed by atoms with Crippen LogP contribution in [0.3, 0.4) is 0 Å². The lowest BCUT2D eigenvalue weighted by atomic mass is 10.2. The average molecular weight is 315 g/mol. The molecule has 5 nitrogen and oxygen atoms in total. The molecule has 0 saturated carbocycles. The maximum absolute atomic E-state index is 12.0. The number of nitrogens with one attached hydrogen (secondary N) is 1. The van der Waals surface area contributed by atoms with E-state index < -0.39 is 11.8 Å². The van der Waals surface area contributed by atoms with E-state index in [4.69, 9.17) is 28.3 Å². The molecule has 0 fully saturated rings. The third-order valence-electron chi connectivity index (χ3n) is 2.84. The van der Waals surface area contributed by atoms with Crippen LogP contribution in [0.4, 0.5) is 5.69 Å². The number of aryl methyl sites for hydroxylation is 1. The van der Waals surface area contributed by atoms with Crippen LogP contribution >= 0.6 is 23.2 Å². The standard InChI is InChI=1S/C13H12Cl2N2O3/c1-7-4-8(14)5-9(15)12(7)16-10-6-11(19)17(2-3-18)13(10)20/h4-6,16,18H,2-3H2,1H3. The average Bonchev–Trinajstić information content (AvgIpc) is 2.62. The monoisotopic (exact) mass is 314 g/mol. The normalized spacial score (nSPS) is 14.8. The molecule has 0 radical (unpaired) electrons. The molecule has 1 aliphatic heterocycles. The third-order valence-corrected chi connectivity index (χ3v) is 3.36. The molecule has 1 aromatic carbocycles. The Morgan fingerprint density at radius 3 is 2.60 bits per heavy atom. The van der Waals surface area contributed by atoms with Crippen LogP contribution in [0, 0.1) is 6.92 Å². The Kier molecular flexibility index (Phi) is 4.32. The van der Waals surface area contributed by atoms with Gasteiger partial charge in [-0.3, -0.25) is 14.5 Å². The quantitative estimate of drug-likeness (QED) is 0.834. The van der Waals surface area contributed by atoms with Crippen LogP contribution in [-0.4, -0.2) is 35.0 Å². The Morgan fingerprint density at radius 2 is 2.00 bits per heavy atom. The molecule has 0 aromatic heterocycles. The summed E-state index contributed by atoms with van der Waals surface area (Å²) in [6.07, 6.45) is 1.18. The van der Waals surface area contributed by atoms with E-state index in [1.807, 2.05) is 0 Å². The fourth-order valence-corrected chi connectivity index (χ4v) is 2.55. The van der Waals surface area contributed by atoms with Crippen molar-refractivity contribution in [3.63, 3.8) is 0 Å². The molecule has 2 amide bonds. The minimum atomic E-state index is -0.491. The van der Waals surface area contributed by atoms with E-state index >= 15 is 0 Å². The van der Waals surface area contributed by atoms with Crippen molar-refractivity contribution in [1.29, 1.82) is 0 Å². The molecule has 0 atom stereocenters. The topological polar surface area (TPSA) is 69.6 Å². The molecule has 1 aliphatic rings. The second-order valence-corrected chi connectivity index (χ2v) is 5.12. The van der Waals surface area contributed by atoms with E-state index in [0.717, 1.165) is 10.5 Å². The summed E-state index contributed by atoms with van der Waals surface area (Å²) in [4.78, 5) is 24.6. The molecule has 20 heavy (non-hydrogen) atoms. The molecule has 7 heteroatoms. The Morgan fingerprint density at radius 1 is 1.30 bits per heavy atom. The van der Waals surface area contributed by atoms with Crippen LogP contribution < -0.4 is 5.32 Å². The molecular weight excluding hydrogens is 303 g/mol. The van der Waals surface area contributed by atoms with Gasteiger partial charge >= 0.3 is 0 Å². The first-order chi connectivity index (χ1) is 9.43. The van der Waals surface area contributed by atoms with E-state index in [2.05, 4.69) is 5.32 Å². The van der Waals surface area contributed by atoms with Gasteiger partial charge in [0.2, 0.25) is 0 Å². The van der Waals surface area contributed by atoms with E-state index in [0.29, 0.717) is 15.7 Å². The molecule has 0 aliphatic carbocycles. The van der Waals surface area contributed by atoms with Crippen LogP contribution in [0.15, 0.2) is 23.9 Å². The van der Waals surface area contributed by atoms with Crippen molar-refractivity contribution in [3.05, 3.63) is 39.5 Å². The lowest BCUT2D eigenvalue weighted by Crippen LogP contribution is -2.34. The largest absolute Gasteiger partial charge is 0.395 e. The van der Waals surface area contributed by atoms with Gasteiger partial charge in [-0.1, -0.05) is 23.2 Å². The zero-order valence-electron chi connectivity index (χ0n) is 10.6. The molecule has 1 heterocycles. The number of carbonyl (C=O) groups is 2. The van der Waals surface area contributed by atoms with Gasteiger partial charge in [0.25, 0.3) is 11.8 Å². The number of anilines is 1. The Labute approximate surface area is 125 Å². The van der Waals surface area contributed by atoms with E-state index in [9.17, 15) is 9.59 Å². The molecule has 2 N–H and O–H groups in total. The highest BCUT2D eigenvalue weighted by atomic mass is 35.5. The number of imide groups is 1. The number of β-amino-alcohol motifs (C(OH)–C–C–N with tert-alkyl or cyclic N) is 1. The highest BCUT2D eigenvalue weighted by molar-refractivity contribution is 6.36. The number of hydrogen-bond acceptors (Lipinski definition) is 4. The predicted molar refractivity (Wildman–Crippen MR) is 76.7 cm³/mol. The van der Waals surface area contributed by atoms with E-state index in [-0.39, 0.29) is 18.8 Å². The van der Waals surface area contributed by atoms with Gasteiger partial charge in [0, 0.05) is 11.1 Å². The molecule has 0 spiro atoms. The fourth-order valence-electron chi connectivity index (χ4n) is 1.91. The van der Waals surface area contributed by atoms with Crippen molar-refractivity contribution >= 4 is 40.7 Å². The first-order valence-corrected chi connectivity index (χ1v) is 6.60. The van der Waals surface area contributed by atoms with Gasteiger partial charge in [-0.05, 0) is 24.6 Å². The number of amides is 2. The van der Waals surface area contributed by atoms with Crippen molar-refractivity contribution in [3.8, 4) is 0 Å². The lowest BCUT2D eigenvalue weighted by Gasteiger charge is -2.15. The van der Waals surface area contributed by atoms with Crippen molar-refractivity contribution in [2.24, 2.45) is 0 Å². The summed E-state index contributed by atoms with van der Waals surface area (Å²) in [5.74, 6) is -0.955. The second-order valence-electron chi connectivity index (χ2n) is 4.28. The fraction of sp³-hybridized carbons (Fsp3) is 0.231. The van der Waals surface area contributed by atoms with Crippen molar-refractivity contribution in [2.75, 3.05) is 18.5 Å². The van der Waals surface area contributed by atoms with Crippen molar-refractivity contribution < 1.29 is 14.7 Å². The minimum Gasteiger partial charge on any atom is -0.395 e. The smallest absolute Gasteiger partial charge is 0.277 e. The number of aliphatic hydroxyl groups is 1. The van der Waals surface area contributed by atoms with Crippen LogP contribution in [0.25, 0.3) is 0 Å². The van der Waals surface area contributed by atoms with Crippen LogP contribution in [-0.2, 0) is 9.59 Å². The Hall–Kier alpha value is -1.56. The summed E-state index contributed by atoms with van der Waals surface area (Å²) >= 11 is 11.9. The summed E-state index contributed by atoms with van der Waals surface area (Å²) in [7, 11) is 0. The van der Waals surface area contributed by atoms with Gasteiger partial charge in [0.05, 0.1) is 23.9 Å². The first-order valence-electron chi connectivity index (χ1n) is 5.85. The van der Waals surface area contributed by atoms with Gasteiger partial charge < -0.3 is 10.4 Å². The predicted octanol–water partition coefficient (Wildman–Crippen LogP) is 1.96. The number of aliphatic hydroxyl groups excluding tert-OH is 1. The highest BCUT2D eigenvalue weighted by Gasteiger charge is 2.31. The SMILES string of the molecule is Cc1cc(Cl)cc(Cl)c1NC1=CC(=O)N(CCO)C1=O. The zero-order chi connectivity index (χ0) is 14.9. The van der Waals surface area contributed by atoms with Crippen LogP contribution in [0.2, 0.25) is 10.0 Å². The van der Waals surface area contributed by atoms with Crippen LogP contribution in [0.5, 0.6) is 0 Å². The van der Waals surface area contributed by atoms with Crippen molar-refractivity contribution in [2.45, 2.75) is 6.92 Å². The molecule has 106 valence electrons. The van der Waals surface area contributed by atoms with Crippen molar-refractivity contribution in [1.82, 2.24) is 4.90 Å². The molecule has 0 unspecified atom stereocenters. The minimum absolute atomic E-state index is 0.0350. The maximum Gasteiger partial charge on any atom is 0.277 e. The number of nitrogens with zero attached hydrogens (tertiary/aromatic N) is 1. The van der Waals surface area contributed by atoms with E-state index in [1.165, 1.54) is 6.08 Å². The zero-order valence-corrected chi connectivity index (χ0v) is 12.1. The summed E-state index contributed by atoms with van der Waals surface area (Å²) in [6.45, 7) is 1.47. The summed E-state index contributed by atoms with van der Waals surface area (Å²) in [5.41, 5.74) is 1.40. The summed E-state index contributed by atoms with van der Waals surface area (Å²) in [5, 5.41) is 12.5. The number of rotatable bonds is 4. The Balaban J connectivity index is 2.26. The maximum atomic E-state index is 12.0. The second kappa shape index (κ2) is 5.83. The molecular formula is C13H12Cl2N2O3. The van der Waals surface area contributed by atoms with Gasteiger partial charge in [-0.15, -0.1) is 0 Å². The van der Waals surface area contributed by atoms with Crippen LogP contribution in [0.1, 0.15) is 5.56 Å². The summed E-state index contributed by atoms with van der Waals surface area (Å²) < 4.78 is 0. The Bertz CT molecular complexity index is 591. The highest BCUT2D eigenvalue weighted by Crippen LogP contribution is 2.31. The summed E-state index contributed by atoms with van der Waals surface area (Å²) in [6, 6.07) is 3.24. The third kappa shape index (κ3) is 2.80. The van der Waals surface area contributed by atoms with Gasteiger partial charge in [0.15, 0.2) is 0 Å². The molecule has 0 bridgehead atoms. The molecule has 2 rings (SSSR count). The lowest BCUT2D eigenvalue weighted by molar-refractivity contribution is -0.137. The van der Waals surface area contributed by atoms with Gasteiger partial charge in [0.1, 0.15) is 5.70 Å². The number of carbonyl (C=O) groups excluding carboxylic acids is 2. The number of hydrogen-bond donors (Lipinski definition) is 2. The molecule has 0 saturated heterocycles. The van der Waals surface area contributed by atoms with Gasteiger partial charge in [-0.25, -0.2) is 0 Å². The first kappa shape index (κ1) is 14.8.